The largest absolute Gasteiger partial charge is 0.515 e. The van der Waals surface area contributed by atoms with Gasteiger partial charge in [0.25, 0.3) is 0 Å². The molecular weight excluding hydrogens is 1250 g/mol. The van der Waals surface area contributed by atoms with Crippen LogP contribution in [0.4, 0.5) is 0 Å². The molecule has 8 aromatic rings. The molecule has 0 N–H and O–H groups in total. The Kier molecular flexibility index (Phi) is 17.9. The third kappa shape index (κ3) is 12.5. The monoisotopic (exact) mass is 1310 g/mol. The van der Waals surface area contributed by atoms with Crippen molar-refractivity contribution in [2.24, 2.45) is 0 Å². The molecule has 0 saturated carbocycles. The van der Waals surface area contributed by atoms with Crippen LogP contribution in [-0.4, -0.2) is 106 Å². The third-order valence-electron chi connectivity index (χ3n) is 13.3. The molecule has 0 spiro atoms. The fraction of sp³-hybridized carbons (Fsp3) is 0.158. The highest BCUT2D eigenvalue weighted by Gasteiger charge is 2.80. The van der Waals surface area contributed by atoms with Gasteiger partial charge < -0.3 is 57.6 Å². The highest BCUT2D eigenvalue weighted by atomic mass is 28.6. The van der Waals surface area contributed by atoms with Crippen molar-refractivity contribution in [3.05, 3.63) is 243 Å². The van der Waals surface area contributed by atoms with E-state index in [9.17, 15) is 0 Å². The second-order valence-corrected chi connectivity index (χ2v) is 58.0. The lowest BCUT2D eigenvalue weighted by Crippen LogP contribution is -2.90. The van der Waals surface area contributed by atoms with Gasteiger partial charge in [-0.3, -0.25) is 0 Å². The Hall–Kier alpha value is -4.20. The zero-order valence-electron chi connectivity index (χ0n) is 48.0. The van der Waals surface area contributed by atoms with Gasteiger partial charge in [0.1, 0.15) is 0 Å². The van der Waals surface area contributed by atoms with Crippen molar-refractivity contribution < 1.29 is 57.6 Å². The summed E-state index contributed by atoms with van der Waals surface area (Å²) in [6.45, 7) is 18.9. The fourth-order valence-electron chi connectivity index (χ4n) is 10.2. The molecule has 14 nitrogen and oxygen atoms in total. The van der Waals surface area contributed by atoms with Crippen LogP contribution in [0.3, 0.4) is 0 Å². The summed E-state index contributed by atoms with van der Waals surface area (Å²) in [4.78, 5) is 0. The first-order valence-corrected chi connectivity index (χ1v) is 53.6. The van der Waals surface area contributed by atoms with Gasteiger partial charge in [-0.15, -0.1) is 0 Å². The molecular formula is C57H70O14Si12. The molecule has 4 fully saturated rings. The van der Waals surface area contributed by atoms with Gasteiger partial charge in [0.05, 0.1) is 0 Å². The van der Waals surface area contributed by atoms with Crippen LogP contribution in [0, 0.1) is 0 Å². The van der Waals surface area contributed by atoms with Crippen LogP contribution in [0.25, 0.3) is 0 Å². The first kappa shape index (κ1) is 60.5. The summed E-state index contributed by atoms with van der Waals surface area (Å²) < 4.78 is 117. The molecule has 0 aliphatic carbocycles. The zero-order valence-corrected chi connectivity index (χ0v) is 60.5. The smallest absolute Gasteiger partial charge is 0.416 e. The van der Waals surface area contributed by atoms with Crippen molar-refractivity contribution in [1.82, 2.24) is 0 Å². The van der Waals surface area contributed by atoms with E-state index in [1.165, 1.54) is 0 Å². The van der Waals surface area contributed by atoms with Crippen LogP contribution in [0.1, 0.15) is 0 Å². The van der Waals surface area contributed by atoms with E-state index in [0.717, 1.165) is 0 Å². The standard InChI is InChI=1S/C57H70O14Si12/c1-72(2)58-76(50-34-18-10-19-35-50)62-80(54-42-26-14-27-43-54)64-77(59-73(3)4,51-36-20-11-21-37-51)65-81(63-76,55-44-28-15-29-45-55)71-83(57-48-32-17-33-49-57)67-78(60-74(5)6,52-38-22-12-23-39-52)66-82(70-80,56-46-30-16-31-47-56)68-79(69-83,61-75(7,8)9)53-40-24-13-25-41-53/h10-49,72-74H,1-9H3. The second-order valence-electron chi connectivity index (χ2n) is 22.1. The maximum absolute atomic E-state index is 8.68. The molecule has 12 rings (SSSR count). The lowest BCUT2D eigenvalue weighted by atomic mass is 10.4. The summed E-state index contributed by atoms with van der Waals surface area (Å²) in [5, 5.41) is 4.55. The van der Waals surface area contributed by atoms with Crippen molar-refractivity contribution in [1.29, 1.82) is 0 Å². The van der Waals surface area contributed by atoms with Gasteiger partial charge in [-0.25, -0.2) is 0 Å². The van der Waals surface area contributed by atoms with Crippen LogP contribution < -0.4 is 41.5 Å². The molecule has 4 heterocycles. The predicted octanol–water partition coefficient (Wildman–Crippen LogP) is 5.81. The molecule has 83 heavy (non-hydrogen) atoms. The number of benzene rings is 8. The summed E-state index contributed by atoms with van der Waals surface area (Å²) in [5.74, 6) is 0. The normalized spacial score (nSPS) is 29.4. The third-order valence-corrected chi connectivity index (χ3v) is 56.0. The van der Waals surface area contributed by atoms with E-state index in [1.807, 2.05) is 243 Å². The minimum Gasteiger partial charge on any atom is -0.416 e. The van der Waals surface area contributed by atoms with Crippen molar-refractivity contribution in [2.45, 2.75) is 58.9 Å². The molecule has 2 unspecified atom stereocenters. The van der Waals surface area contributed by atoms with Crippen LogP contribution in [0.5, 0.6) is 0 Å². The number of fused-ring (bicyclic) bond motifs is 4. The molecule has 4 aliphatic heterocycles. The number of hydrogen-bond acceptors (Lipinski definition) is 14. The highest BCUT2D eigenvalue weighted by molar-refractivity contribution is 7.11. The quantitative estimate of drug-likeness (QED) is 0.108. The van der Waals surface area contributed by atoms with Crippen LogP contribution in [0.2, 0.25) is 58.9 Å². The minimum atomic E-state index is -5.16. The molecule has 4 saturated heterocycles. The van der Waals surface area contributed by atoms with Gasteiger partial charge in [-0.2, -0.15) is 0 Å². The Morgan fingerprint density at radius 3 is 0.590 bits per heavy atom. The Labute approximate surface area is 503 Å². The molecule has 4 aliphatic rings. The first-order valence-electron chi connectivity index (χ1n) is 28.1. The van der Waals surface area contributed by atoms with Gasteiger partial charge in [-0.05, 0) is 58.9 Å². The summed E-state index contributed by atoms with van der Waals surface area (Å²) >= 11 is 0. The number of hydrogen-bond donors (Lipinski definition) is 0. The Bertz CT molecular complexity index is 3210. The average Bonchev–Trinajstić information content (AvgIpc) is 1.08. The highest BCUT2D eigenvalue weighted by Crippen LogP contribution is 2.43. The predicted molar refractivity (Wildman–Crippen MR) is 350 cm³/mol. The molecule has 0 radical (unpaired) electrons. The van der Waals surface area contributed by atoms with Gasteiger partial charge in [0.15, 0.2) is 35.4 Å². The minimum absolute atomic E-state index is 0.525. The van der Waals surface area contributed by atoms with E-state index in [1.54, 1.807) is 0 Å². The van der Waals surface area contributed by atoms with E-state index in [2.05, 4.69) is 58.9 Å². The molecule has 0 aromatic heterocycles. The molecule has 26 heteroatoms. The maximum atomic E-state index is 8.68. The van der Waals surface area contributed by atoms with E-state index < -0.39 is 106 Å². The van der Waals surface area contributed by atoms with Crippen molar-refractivity contribution in [2.75, 3.05) is 0 Å². The summed E-state index contributed by atoms with van der Waals surface area (Å²) in [6, 6.07) is 78.3. The van der Waals surface area contributed by atoms with Gasteiger partial charge in [0.2, 0.25) is 0 Å². The second kappa shape index (κ2) is 24.5. The zero-order chi connectivity index (χ0) is 58.0. The maximum Gasteiger partial charge on any atom is 0.515 e. The van der Waals surface area contributed by atoms with Crippen molar-refractivity contribution in [3.8, 4) is 0 Å². The van der Waals surface area contributed by atoms with Gasteiger partial charge in [-0.1, -0.05) is 243 Å². The van der Waals surface area contributed by atoms with E-state index in [0.29, 0.717) is 41.5 Å². The lowest BCUT2D eigenvalue weighted by Gasteiger charge is -2.57. The summed E-state index contributed by atoms with van der Waals surface area (Å²) in [6.07, 6.45) is 0. The van der Waals surface area contributed by atoms with E-state index >= 15 is 0 Å². The fourth-order valence-corrected chi connectivity index (χ4v) is 64.9. The molecule has 0 amide bonds. The average molecular weight is 1320 g/mol. The van der Waals surface area contributed by atoms with E-state index in [4.69, 9.17) is 57.6 Å². The van der Waals surface area contributed by atoms with Crippen LogP contribution in [0.15, 0.2) is 243 Å². The van der Waals surface area contributed by atoms with E-state index in [-0.39, 0.29) is 0 Å². The Morgan fingerprint density at radius 1 is 0.241 bits per heavy atom. The van der Waals surface area contributed by atoms with Crippen LogP contribution >= 0.6 is 0 Å². The summed E-state index contributed by atoms with van der Waals surface area (Å²) in [5.41, 5.74) is 0. The Morgan fingerprint density at radius 2 is 0.410 bits per heavy atom. The van der Waals surface area contributed by atoms with Gasteiger partial charge >= 0.3 is 70.4 Å². The van der Waals surface area contributed by atoms with Crippen LogP contribution in [-0.2, 0) is 57.6 Å². The van der Waals surface area contributed by atoms with Crippen molar-refractivity contribution >= 4 is 147 Å². The molecule has 430 valence electrons. The summed E-state index contributed by atoms with van der Waals surface area (Å²) in [7, 11) is -49.4. The van der Waals surface area contributed by atoms with Crippen molar-refractivity contribution in [3.63, 3.8) is 0 Å². The topological polar surface area (TPSA) is 129 Å². The van der Waals surface area contributed by atoms with Gasteiger partial charge in [0, 0.05) is 41.5 Å². The molecule has 4 bridgehead atoms. The first-order chi connectivity index (χ1) is 39.9. The Balaban J connectivity index is 1.43. The molecule has 8 aromatic carbocycles. The molecule has 2 atom stereocenters. The number of rotatable bonds is 16. The SMILES string of the molecule is C[SiH](C)O[Si]1(c2ccccc2)O[Si]2(c3ccccc3)O[Si](O[SiH](C)C)(c3ccccc3)O[Si](c3ccccc3)(O1)O[Si]1(c3ccccc3)O[Si](O[SiH](C)C)(c3ccccc3)O[Si](c3ccccc3)(O[Si](O[Si](C)(C)C)(c3ccccc3)O1)O2. The lowest BCUT2D eigenvalue weighted by molar-refractivity contribution is 0.0494.